The third kappa shape index (κ3) is 4.08. The van der Waals surface area contributed by atoms with Gasteiger partial charge < -0.3 is 11.1 Å². The lowest BCUT2D eigenvalue weighted by atomic mass is 10.3. The van der Waals surface area contributed by atoms with Gasteiger partial charge in [0, 0.05) is 17.3 Å². The molecule has 2 heterocycles. The maximum absolute atomic E-state index is 13.5. The molecule has 0 saturated carbocycles. The van der Waals surface area contributed by atoms with Crippen molar-refractivity contribution in [1.29, 1.82) is 0 Å². The summed E-state index contributed by atoms with van der Waals surface area (Å²) in [5.41, 5.74) is 7.43. The van der Waals surface area contributed by atoms with Crippen LogP contribution >= 0.6 is 22.9 Å². The van der Waals surface area contributed by atoms with Crippen LogP contribution < -0.4 is 15.8 Å². The Morgan fingerprint density at radius 1 is 1.17 bits per heavy atom. The minimum atomic E-state index is -3.75. The van der Waals surface area contributed by atoms with E-state index in [-0.39, 0.29) is 15.0 Å². The molecule has 2 aromatic carbocycles. The van der Waals surface area contributed by atoms with Crippen molar-refractivity contribution in [2.24, 2.45) is 0 Å². The van der Waals surface area contributed by atoms with E-state index in [2.05, 4.69) is 20.1 Å². The first-order chi connectivity index (χ1) is 14.3. The molecule has 8 nitrogen and oxygen atoms in total. The highest BCUT2D eigenvalue weighted by molar-refractivity contribution is 7.93. The van der Waals surface area contributed by atoms with E-state index < -0.39 is 15.8 Å². The van der Waals surface area contributed by atoms with Crippen LogP contribution in [0.3, 0.4) is 0 Å². The molecule has 154 valence electrons. The van der Waals surface area contributed by atoms with Gasteiger partial charge in [0.2, 0.25) is 0 Å². The lowest BCUT2D eigenvalue weighted by Crippen LogP contribution is -2.12. The van der Waals surface area contributed by atoms with E-state index in [1.807, 2.05) is 0 Å². The van der Waals surface area contributed by atoms with Crippen molar-refractivity contribution in [3.05, 3.63) is 71.1 Å². The van der Waals surface area contributed by atoms with Gasteiger partial charge in [-0.05, 0) is 42.5 Å². The lowest BCUT2D eigenvalue weighted by molar-refractivity contribution is 0.601. The van der Waals surface area contributed by atoms with Crippen molar-refractivity contribution in [1.82, 2.24) is 14.8 Å². The lowest BCUT2D eigenvalue weighted by Gasteiger charge is -2.12. The largest absolute Gasteiger partial charge is 0.394 e. The minimum Gasteiger partial charge on any atom is -0.394 e. The summed E-state index contributed by atoms with van der Waals surface area (Å²) in [4.78, 5) is 3.99. The fourth-order valence-electron chi connectivity index (χ4n) is 2.60. The standard InChI is InChI=1S/C18H14ClFN6O2S2/c19-14-9-12(3-6-15(14)20)26-17(16(21)10-23-26)24-11-1-4-13(5-2-11)30(27,28)25-18-22-7-8-29-18/h1-10,24H,21H2,(H,22,25). The Hall–Kier alpha value is -3.15. The van der Waals surface area contributed by atoms with E-state index in [0.29, 0.717) is 22.9 Å². The molecule has 0 bridgehead atoms. The highest BCUT2D eigenvalue weighted by Crippen LogP contribution is 2.28. The summed E-state index contributed by atoms with van der Waals surface area (Å²) in [6.07, 6.45) is 2.95. The molecule has 4 rings (SSSR count). The number of nitrogens with zero attached hydrogens (tertiary/aromatic N) is 3. The Bertz CT molecular complexity index is 1290. The molecule has 4 aromatic rings. The Kier molecular flexibility index (Phi) is 5.33. The second-order valence-corrected chi connectivity index (χ2v) is 9.04. The highest BCUT2D eigenvalue weighted by Gasteiger charge is 2.16. The van der Waals surface area contributed by atoms with Crippen molar-refractivity contribution in [2.75, 3.05) is 15.8 Å². The van der Waals surface area contributed by atoms with E-state index in [1.54, 1.807) is 17.5 Å². The van der Waals surface area contributed by atoms with Gasteiger partial charge in [0.15, 0.2) is 10.9 Å². The van der Waals surface area contributed by atoms with Crippen molar-refractivity contribution in [3.63, 3.8) is 0 Å². The van der Waals surface area contributed by atoms with Crippen LogP contribution in [0.2, 0.25) is 5.02 Å². The predicted octanol–water partition coefficient (Wildman–Crippen LogP) is 4.25. The molecule has 0 saturated heterocycles. The third-order valence-electron chi connectivity index (χ3n) is 4.03. The van der Waals surface area contributed by atoms with Crippen LogP contribution in [0.1, 0.15) is 0 Å². The zero-order chi connectivity index (χ0) is 21.3. The van der Waals surface area contributed by atoms with Crippen molar-refractivity contribution >= 4 is 55.3 Å². The summed E-state index contributed by atoms with van der Waals surface area (Å²) < 4.78 is 42.2. The fraction of sp³-hybridized carbons (Fsp3) is 0. The molecule has 0 unspecified atom stereocenters. The van der Waals surface area contributed by atoms with Crippen LogP contribution in [0.15, 0.2) is 65.1 Å². The summed E-state index contributed by atoms with van der Waals surface area (Å²) in [5.74, 6) is -0.118. The van der Waals surface area contributed by atoms with Crippen LogP contribution in [0.25, 0.3) is 5.69 Å². The van der Waals surface area contributed by atoms with Gasteiger partial charge in [-0.1, -0.05) is 11.6 Å². The number of hydrogen-bond donors (Lipinski definition) is 3. The van der Waals surface area contributed by atoms with Gasteiger partial charge in [-0.25, -0.2) is 22.5 Å². The van der Waals surface area contributed by atoms with Gasteiger partial charge in [0.25, 0.3) is 10.0 Å². The smallest absolute Gasteiger partial charge is 0.263 e. The molecular weight excluding hydrogens is 451 g/mol. The van der Waals surface area contributed by atoms with Crippen LogP contribution in [-0.4, -0.2) is 23.2 Å². The fourth-order valence-corrected chi connectivity index (χ4v) is 4.56. The zero-order valence-corrected chi connectivity index (χ0v) is 17.5. The van der Waals surface area contributed by atoms with Gasteiger partial charge in [0.1, 0.15) is 5.82 Å². The molecule has 0 spiro atoms. The van der Waals surface area contributed by atoms with E-state index >= 15 is 0 Å². The van der Waals surface area contributed by atoms with Gasteiger partial charge in [0.05, 0.1) is 27.5 Å². The number of sulfonamides is 1. The van der Waals surface area contributed by atoms with E-state index in [0.717, 1.165) is 0 Å². The summed E-state index contributed by atoms with van der Waals surface area (Å²) in [6, 6.07) is 10.2. The molecule has 0 amide bonds. The van der Waals surface area contributed by atoms with E-state index in [1.165, 1.54) is 58.7 Å². The first kappa shape index (κ1) is 20.1. The Morgan fingerprint density at radius 3 is 2.60 bits per heavy atom. The number of nitrogens with one attached hydrogen (secondary N) is 2. The van der Waals surface area contributed by atoms with E-state index in [4.69, 9.17) is 17.3 Å². The monoisotopic (exact) mass is 464 g/mol. The molecule has 0 fully saturated rings. The first-order valence-corrected chi connectivity index (χ1v) is 11.2. The topological polar surface area (TPSA) is 115 Å². The third-order valence-corrected chi connectivity index (χ3v) is 6.49. The maximum atomic E-state index is 13.5. The van der Waals surface area contributed by atoms with Crippen LogP contribution in [0, 0.1) is 5.82 Å². The number of aromatic nitrogens is 3. The second kappa shape index (κ2) is 7.94. The van der Waals surface area contributed by atoms with Crippen LogP contribution in [0.4, 0.5) is 26.7 Å². The summed E-state index contributed by atoms with van der Waals surface area (Å²) >= 11 is 7.04. The quantitative estimate of drug-likeness (QED) is 0.393. The van der Waals surface area contributed by atoms with Gasteiger partial charge in [-0.3, -0.25) is 4.72 Å². The second-order valence-electron chi connectivity index (χ2n) is 6.05. The van der Waals surface area contributed by atoms with Gasteiger partial charge in [-0.2, -0.15) is 5.10 Å². The molecular formula is C18H14ClFN6O2S2. The number of halogens is 2. The van der Waals surface area contributed by atoms with Crippen LogP contribution in [0.5, 0.6) is 0 Å². The molecule has 0 radical (unpaired) electrons. The SMILES string of the molecule is Nc1cnn(-c2ccc(F)c(Cl)c2)c1Nc1ccc(S(=O)(=O)Nc2nccs2)cc1. The number of anilines is 4. The highest BCUT2D eigenvalue weighted by atomic mass is 35.5. The van der Waals surface area contributed by atoms with Crippen molar-refractivity contribution < 1.29 is 12.8 Å². The number of benzene rings is 2. The Labute approximate surface area is 180 Å². The number of hydrogen-bond acceptors (Lipinski definition) is 7. The normalized spacial score (nSPS) is 11.4. The Morgan fingerprint density at radius 2 is 1.93 bits per heavy atom. The molecule has 4 N–H and O–H groups in total. The molecule has 0 atom stereocenters. The number of nitrogens with two attached hydrogens (primary N) is 1. The molecule has 0 aliphatic heterocycles. The average Bonchev–Trinajstić information content (AvgIpc) is 3.34. The molecule has 2 aromatic heterocycles. The molecule has 0 aliphatic rings. The maximum Gasteiger partial charge on any atom is 0.263 e. The summed E-state index contributed by atoms with van der Waals surface area (Å²) in [7, 11) is -3.75. The van der Waals surface area contributed by atoms with Crippen molar-refractivity contribution in [2.45, 2.75) is 4.90 Å². The van der Waals surface area contributed by atoms with Crippen LogP contribution in [-0.2, 0) is 10.0 Å². The molecule has 12 heteroatoms. The Balaban J connectivity index is 1.58. The van der Waals surface area contributed by atoms with E-state index in [9.17, 15) is 12.8 Å². The first-order valence-electron chi connectivity index (χ1n) is 8.42. The van der Waals surface area contributed by atoms with Gasteiger partial charge in [-0.15, -0.1) is 11.3 Å². The predicted molar refractivity (Wildman–Crippen MR) is 116 cm³/mol. The zero-order valence-electron chi connectivity index (χ0n) is 15.1. The van der Waals surface area contributed by atoms with Gasteiger partial charge >= 0.3 is 0 Å². The summed E-state index contributed by atoms with van der Waals surface area (Å²) in [5, 5.41) is 9.19. The molecule has 30 heavy (non-hydrogen) atoms. The summed E-state index contributed by atoms with van der Waals surface area (Å²) in [6.45, 7) is 0. The minimum absolute atomic E-state index is 0.0465. The molecule has 0 aliphatic carbocycles. The number of rotatable bonds is 6. The average molecular weight is 465 g/mol. The van der Waals surface area contributed by atoms with Crippen molar-refractivity contribution in [3.8, 4) is 5.69 Å². The number of nitrogen functional groups attached to an aromatic ring is 1. The number of thiazole rings is 1.